The van der Waals surface area contributed by atoms with Crippen LogP contribution in [0.5, 0.6) is 5.88 Å². The van der Waals surface area contributed by atoms with Crippen LogP contribution in [-0.2, 0) is 29.8 Å². The van der Waals surface area contributed by atoms with E-state index in [1.165, 1.54) is 22.9 Å². The van der Waals surface area contributed by atoms with Crippen LogP contribution in [0.25, 0.3) is 6.08 Å². The predicted octanol–water partition coefficient (Wildman–Crippen LogP) is 1.37. The minimum absolute atomic E-state index is 0.0988. The number of aliphatic carboxylic acids is 1. The van der Waals surface area contributed by atoms with Crippen LogP contribution in [-0.4, -0.2) is 86.6 Å². The van der Waals surface area contributed by atoms with Crippen LogP contribution in [0.2, 0.25) is 0 Å². The molecule has 17 heteroatoms. The van der Waals surface area contributed by atoms with Gasteiger partial charge in [0.25, 0.3) is 31.7 Å². The second-order valence-electron chi connectivity index (χ2n) is 10.2. The largest absolute Gasteiger partial charge is 0.478 e. The summed E-state index contributed by atoms with van der Waals surface area (Å²) < 4.78 is 71.3. The summed E-state index contributed by atoms with van der Waals surface area (Å²) in [5, 5.41) is 15.7. The Kier molecular flexibility index (Phi) is 8.91. The Morgan fingerprint density at radius 1 is 0.976 bits per heavy atom. The molecule has 0 bridgehead atoms. The van der Waals surface area contributed by atoms with Crippen molar-refractivity contribution in [1.29, 1.82) is 0 Å². The van der Waals surface area contributed by atoms with E-state index in [2.05, 4.69) is 10.2 Å². The number of hydrazone groups is 1. The SMILES string of the molecule is CCOc1[nH]n(C2CCC(S(=O)(=O)O)CC2)c(=O)c1C=CC=C1C(=O)N(C2CCC(S(=O)(=O)O)CC2)N=C1C(=O)O. The van der Waals surface area contributed by atoms with E-state index in [4.69, 9.17) is 4.74 Å². The second-order valence-corrected chi connectivity index (χ2v) is 13.6. The van der Waals surface area contributed by atoms with Gasteiger partial charge in [-0.25, -0.2) is 14.5 Å². The van der Waals surface area contributed by atoms with Gasteiger partial charge in [-0.2, -0.15) is 21.9 Å². The average molecular weight is 617 g/mol. The van der Waals surface area contributed by atoms with Crippen LogP contribution in [0, 0.1) is 0 Å². The quantitative estimate of drug-likeness (QED) is 0.229. The van der Waals surface area contributed by atoms with Gasteiger partial charge in [0, 0.05) is 0 Å². The lowest BCUT2D eigenvalue weighted by Gasteiger charge is -2.30. The molecule has 1 amide bonds. The first-order chi connectivity index (χ1) is 19.2. The maximum Gasteiger partial charge on any atom is 0.357 e. The molecule has 1 aromatic heterocycles. The lowest BCUT2D eigenvalue weighted by Crippen LogP contribution is -2.39. The fraction of sp³-hybridized carbons (Fsp3) is 0.583. The molecule has 2 fully saturated rings. The number of aromatic nitrogens is 2. The maximum atomic E-state index is 13.2. The van der Waals surface area contributed by atoms with Gasteiger partial charge in [-0.05, 0) is 70.4 Å². The highest BCUT2D eigenvalue weighted by atomic mass is 32.2. The van der Waals surface area contributed by atoms with Crippen molar-refractivity contribution in [2.45, 2.75) is 80.9 Å². The van der Waals surface area contributed by atoms with Crippen molar-refractivity contribution in [3.8, 4) is 5.88 Å². The van der Waals surface area contributed by atoms with Gasteiger partial charge in [-0.1, -0.05) is 6.08 Å². The van der Waals surface area contributed by atoms with Gasteiger partial charge in [0.15, 0.2) is 5.71 Å². The molecule has 1 aliphatic heterocycles. The van der Waals surface area contributed by atoms with Crippen LogP contribution >= 0.6 is 0 Å². The van der Waals surface area contributed by atoms with E-state index in [-0.39, 0.29) is 68.2 Å². The number of hydrogen-bond acceptors (Lipinski definition) is 9. The third-order valence-corrected chi connectivity index (χ3v) is 10.3. The molecule has 2 saturated carbocycles. The fourth-order valence-electron chi connectivity index (χ4n) is 5.52. The van der Waals surface area contributed by atoms with E-state index in [1.54, 1.807) is 6.92 Å². The number of carbonyl (C=O) groups excluding carboxylic acids is 1. The molecule has 0 spiro atoms. The summed E-state index contributed by atoms with van der Waals surface area (Å²) in [5.41, 5.74) is -1.06. The summed E-state index contributed by atoms with van der Waals surface area (Å²) in [7, 11) is -8.38. The Labute approximate surface area is 236 Å². The van der Waals surface area contributed by atoms with Gasteiger partial charge < -0.3 is 9.84 Å². The summed E-state index contributed by atoms with van der Waals surface area (Å²) in [5.74, 6) is -1.98. The molecule has 41 heavy (non-hydrogen) atoms. The first-order valence-electron chi connectivity index (χ1n) is 13.2. The van der Waals surface area contributed by atoms with Gasteiger partial charge in [-0.15, -0.1) is 0 Å². The molecular formula is C24H32N4O11S2. The van der Waals surface area contributed by atoms with Gasteiger partial charge >= 0.3 is 5.97 Å². The summed E-state index contributed by atoms with van der Waals surface area (Å²) in [4.78, 5) is 38.2. The van der Waals surface area contributed by atoms with Crippen molar-refractivity contribution in [3.05, 3.63) is 33.6 Å². The highest BCUT2D eigenvalue weighted by Gasteiger charge is 2.40. The monoisotopic (exact) mass is 616 g/mol. The topological polar surface area (TPSA) is 226 Å². The molecule has 226 valence electrons. The van der Waals surface area contributed by atoms with Crippen molar-refractivity contribution in [2.24, 2.45) is 5.10 Å². The zero-order valence-corrected chi connectivity index (χ0v) is 23.8. The van der Waals surface area contributed by atoms with Crippen LogP contribution in [0.15, 0.2) is 27.6 Å². The van der Waals surface area contributed by atoms with Crippen molar-refractivity contribution < 1.29 is 45.4 Å². The first kappa shape index (κ1) is 30.7. The Balaban J connectivity index is 1.54. The number of nitrogens with one attached hydrogen (secondary N) is 1. The number of allylic oxidation sites excluding steroid dienone is 2. The molecule has 2 heterocycles. The number of rotatable bonds is 9. The molecule has 1 aromatic rings. The number of H-pyrrole nitrogens is 1. The number of ether oxygens (including phenoxy) is 1. The molecule has 0 aromatic carbocycles. The molecule has 0 unspecified atom stereocenters. The normalized spacial score (nSPS) is 27.0. The Hall–Kier alpha value is -3.28. The number of amides is 1. The minimum Gasteiger partial charge on any atom is -0.478 e. The van der Waals surface area contributed by atoms with Crippen LogP contribution < -0.4 is 10.3 Å². The Morgan fingerprint density at radius 2 is 1.51 bits per heavy atom. The van der Waals surface area contributed by atoms with Gasteiger partial charge in [-0.3, -0.25) is 23.8 Å². The molecule has 2 aliphatic carbocycles. The number of carboxylic acids is 1. The van der Waals surface area contributed by atoms with E-state index in [1.807, 2.05) is 0 Å². The number of hydrogen-bond donors (Lipinski definition) is 4. The third-order valence-electron chi connectivity index (χ3n) is 7.68. The standard InChI is InChI=1S/C24H32N4O11S2/c1-2-39-21-19(23(30)28(26-21)15-8-12-17(13-9-15)41(36,37)38)5-3-4-18-20(24(31)32)25-27(22(18)29)14-6-10-16(11-7-14)40(33,34)35/h3-5,14-17,26H,2,6-13H2,1H3,(H,31,32)(H,33,34,35)(H,36,37,38). The third kappa shape index (κ3) is 6.63. The number of nitrogens with zero attached hydrogens (tertiary/aromatic N) is 3. The van der Waals surface area contributed by atoms with E-state index in [0.717, 1.165) is 5.01 Å². The van der Waals surface area contributed by atoms with Gasteiger partial charge in [0.2, 0.25) is 5.88 Å². The second kappa shape index (κ2) is 11.9. The Morgan fingerprint density at radius 3 is 2.00 bits per heavy atom. The van der Waals surface area contributed by atoms with Crippen LogP contribution in [0.4, 0.5) is 0 Å². The summed E-state index contributed by atoms with van der Waals surface area (Å²) in [6.45, 7) is 1.94. The summed E-state index contributed by atoms with van der Waals surface area (Å²) >= 11 is 0. The van der Waals surface area contributed by atoms with Crippen LogP contribution in [0.1, 0.15) is 69.9 Å². The zero-order chi connectivity index (χ0) is 30.1. The van der Waals surface area contributed by atoms with Gasteiger partial charge in [0.05, 0.1) is 34.8 Å². The first-order valence-corrected chi connectivity index (χ1v) is 16.2. The number of carbonyl (C=O) groups is 2. The molecular weight excluding hydrogens is 584 g/mol. The molecule has 0 saturated heterocycles. The lowest BCUT2D eigenvalue weighted by atomic mass is 9.94. The van der Waals surface area contributed by atoms with Crippen molar-refractivity contribution in [1.82, 2.24) is 14.8 Å². The van der Waals surface area contributed by atoms with E-state index in [9.17, 15) is 45.4 Å². The lowest BCUT2D eigenvalue weighted by molar-refractivity contribution is -0.130. The van der Waals surface area contributed by atoms with Crippen molar-refractivity contribution in [2.75, 3.05) is 6.61 Å². The molecule has 15 nitrogen and oxygen atoms in total. The van der Waals surface area contributed by atoms with E-state index < -0.39 is 59.9 Å². The fourth-order valence-corrected chi connectivity index (χ4v) is 7.26. The van der Waals surface area contributed by atoms with E-state index >= 15 is 0 Å². The molecule has 0 radical (unpaired) electrons. The average Bonchev–Trinajstić information content (AvgIpc) is 3.40. The number of aromatic amines is 1. The smallest absolute Gasteiger partial charge is 0.357 e. The minimum atomic E-state index is -4.21. The molecule has 4 N–H and O–H groups in total. The highest BCUT2D eigenvalue weighted by Crippen LogP contribution is 2.32. The zero-order valence-electron chi connectivity index (χ0n) is 22.2. The van der Waals surface area contributed by atoms with Gasteiger partial charge in [0.1, 0.15) is 5.56 Å². The molecule has 4 rings (SSSR count). The summed E-state index contributed by atoms with van der Waals surface area (Å²) in [6.07, 6.45) is 5.57. The maximum absolute atomic E-state index is 13.2. The summed E-state index contributed by atoms with van der Waals surface area (Å²) in [6, 6.07) is -0.895. The molecule has 0 atom stereocenters. The predicted molar refractivity (Wildman–Crippen MR) is 146 cm³/mol. The Bertz CT molecular complexity index is 1550. The van der Waals surface area contributed by atoms with Crippen molar-refractivity contribution in [3.63, 3.8) is 0 Å². The van der Waals surface area contributed by atoms with E-state index in [0.29, 0.717) is 12.8 Å². The highest BCUT2D eigenvalue weighted by molar-refractivity contribution is 7.86. The van der Waals surface area contributed by atoms with Crippen molar-refractivity contribution >= 4 is 43.9 Å². The van der Waals surface area contributed by atoms with Crippen LogP contribution in [0.3, 0.4) is 0 Å². The number of carboxylic acid groups (broad SMARTS) is 1. The molecule has 3 aliphatic rings.